The predicted molar refractivity (Wildman–Crippen MR) is 74.3 cm³/mol. The summed E-state index contributed by atoms with van der Waals surface area (Å²) in [6.07, 6.45) is 1.81. The van der Waals surface area contributed by atoms with Gasteiger partial charge in [-0.3, -0.25) is 4.68 Å². The molecule has 0 amide bonds. The minimum Gasteiger partial charge on any atom is -0.379 e. The van der Waals surface area contributed by atoms with Crippen LogP contribution in [0.2, 0.25) is 0 Å². The zero-order chi connectivity index (χ0) is 13.0. The summed E-state index contributed by atoms with van der Waals surface area (Å²) < 4.78 is 1.87. The van der Waals surface area contributed by atoms with Gasteiger partial charge in [0, 0.05) is 24.5 Å². The highest BCUT2D eigenvalue weighted by Crippen LogP contribution is 2.17. The Morgan fingerprint density at radius 3 is 2.78 bits per heavy atom. The van der Waals surface area contributed by atoms with Gasteiger partial charge in [0.1, 0.15) is 0 Å². The lowest BCUT2D eigenvalue weighted by Crippen LogP contribution is -2.06. The third-order valence-corrected chi connectivity index (χ3v) is 2.88. The van der Waals surface area contributed by atoms with Gasteiger partial charge in [0.2, 0.25) is 0 Å². The number of rotatable bonds is 3. The van der Waals surface area contributed by atoms with E-state index in [2.05, 4.69) is 41.3 Å². The van der Waals surface area contributed by atoms with Crippen molar-refractivity contribution in [2.45, 2.75) is 20.4 Å². The maximum absolute atomic E-state index is 4.15. The van der Waals surface area contributed by atoms with Crippen molar-refractivity contribution in [1.82, 2.24) is 9.78 Å². The predicted octanol–water partition coefficient (Wildman–Crippen LogP) is 2.71. The van der Waals surface area contributed by atoms with Crippen molar-refractivity contribution in [2.24, 2.45) is 7.05 Å². The first kappa shape index (κ1) is 12.3. The van der Waals surface area contributed by atoms with E-state index < -0.39 is 0 Å². The lowest BCUT2D eigenvalue weighted by molar-refractivity contribution is 0.720. The van der Waals surface area contributed by atoms with Gasteiger partial charge in [-0.25, -0.2) is 0 Å². The molecule has 0 radical (unpaired) electrons. The molecule has 18 heavy (non-hydrogen) atoms. The molecule has 0 aliphatic rings. The molecule has 2 aromatic rings. The second kappa shape index (κ2) is 5.42. The molecule has 0 saturated carbocycles. The average Bonchev–Trinajstić information content (AvgIpc) is 2.74. The van der Waals surface area contributed by atoms with Crippen LogP contribution in [0.5, 0.6) is 0 Å². The first-order chi connectivity index (χ1) is 8.70. The summed E-state index contributed by atoms with van der Waals surface area (Å²) in [6.45, 7) is 4.71. The number of nitrogens with zero attached hydrogens (tertiary/aromatic N) is 2. The van der Waals surface area contributed by atoms with Gasteiger partial charge in [-0.1, -0.05) is 5.92 Å². The van der Waals surface area contributed by atoms with Crippen LogP contribution in [-0.4, -0.2) is 9.78 Å². The Morgan fingerprint density at radius 1 is 1.33 bits per heavy atom. The molecular formula is C15H17N3. The third kappa shape index (κ3) is 2.72. The molecule has 0 atom stereocenters. The van der Waals surface area contributed by atoms with Crippen LogP contribution in [0, 0.1) is 18.8 Å². The third-order valence-electron chi connectivity index (χ3n) is 2.88. The highest BCUT2D eigenvalue weighted by Gasteiger charge is 2.01. The van der Waals surface area contributed by atoms with Crippen molar-refractivity contribution in [3.63, 3.8) is 0 Å². The number of aryl methyl sites for hydroxylation is 2. The Kier molecular flexibility index (Phi) is 3.69. The van der Waals surface area contributed by atoms with E-state index in [0.29, 0.717) is 0 Å². The van der Waals surface area contributed by atoms with Crippen LogP contribution in [0.15, 0.2) is 30.5 Å². The van der Waals surface area contributed by atoms with Gasteiger partial charge in [0.05, 0.1) is 12.2 Å². The van der Waals surface area contributed by atoms with Crippen LogP contribution in [0.4, 0.5) is 5.69 Å². The molecule has 0 bridgehead atoms. The molecule has 0 aliphatic carbocycles. The zero-order valence-electron chi connectivity index (χ0n) is 11.0. The number of anilines is 1. The van der Waals surface area contributed by atoms with Gasteiger partial charge in [-0.2, -0.15) is 5.10 Å². The maximum Gasteiger partial charge on any atom is 0.0571 e. The highest BCUT2D eigenvalue weighted by atomic mass is 15.3. The Hall–Kier alpha value is -2.21. The van der Waals surface area contributed by atoms with Gasteiger partial charge in [0.15, 0.2) is 0 Å². The molecule has 1 aromatic heterocycles. The van der Waals surface area contributed by atoms with Crippen LogP contribution in [0.3, 0.4) is 0 Å². The lowest BCUT2D eigenvalue weighted by Gasteiger charge is -2.10. The Bertz CT molecular complexity index is 600. The van der Waals surface area contributed by atoms with Crippen LogP contribution in [0.1, 0.15) is 23.7 Å². The average molecular weight is 239 g/mol. The van der Waals surface area contributed by atoms with E-state index in [-0.39, 0.29) is 0 Å². The molecule has 0 spiro atoms. The number of hydrogen-bond acceptors (Lipinski definition) is 2. The summed E-state index contributed by atoms with van der Waals surface area (Å²) in [7, 11) is 1.95. The van der Waals surface area contributed by atoms with Crippen molar-refractivity contribution in [3.8, 4) is 11.8 Å². The summed E-state index contributed by atoms with van der Waals surface area (Å²) in [5.74, 6) is 5.97. The van der Waals surface area contributed by atoms with Crippen LogP contribution >= 0.6 is 0 Å². The fraction of sp³-hybridized carbons (Fsp3) is 0.267. The molecule has 2 rings (SSSR count). The van der Waals surface area contributed by atoms with E-state index in [9.17, 15) is 0 Å². The van der Waals surface area contributed by atoms with Crippen LogP contribution in [0.25, 0.3) is 0 Å². The fourth-order valence-electron chi connectivity index (χ4n) is 1.84. The number of benzene rings is 1. The van der Waals surface area contributed by atoms with Crippen molar-refractivity contribution in [1.29, 1.82) is 0 Å². The largest absolute Gasteiger partial charge is 0.379 e. The quantitative estimate of drug-likeness (QED) is 0.835. The molecule has 3 heteroatoms. The molecule has 0 unspecified atom stereocenters. The number of aromatic nitrogens is 2. The van der Waals surface area contributed by atoms with Gasteiger partial charge in [-0.15, -0.1) is 5.92 Å². The van der Waals surface area contributed by atoms with Gasteiger partial charge < -0.3 is 5.32 Å². The maximum atomic E-state index is 4.15. The fourth-order valence-corrected chi connectivity index (χ4v) is 1.84. The summed E-state index contributed by atoms with van der Waals surface area (Å²) in [5.41, 5.74) is 4.56. The molecule has 92 valence electrons. The molecule has 0 fully saturated rings. The van der Waals surface area contributed by atoms with E-state index in [0.717, 1.165) is 23.5 Å². The minimum atomic E-state index is 0.774. The van der Waals surface area contributed by atoms with E-state index in [1.165, 1.54) is 5.56 Å². The summed E-state index contributed by atoms with van der Waals surface area (Å²) in [5, 5.41) is 7.56. The monoisotopic (exact) mass is 239 g/mol. The lowest BCUT2D eigenvalue weighted by atomic mass is 10.1. The van der Waals surface area contributed by atoms with E-state index in [1.54, 1.807) is 0 Å². The molecular weight excluding hydrogens is 222 g/mol. The molecule has 1 heterocycles. The van der Waals surface area contributed by atoms with E-state index >= 15 is 0 Å². The Labute approximate surface area is 108 Å². The van der Waals surface area contributed by atoms with Crippen LogP contribution < -0.4 is 5.32 Å². The first-order valence-corrected chi connectivity index (χ1v) is 5.95. The molecule has 1 N–H and O–H groups in total. The molecule has 0 aliphatic heterocycles. The van der Waals surface area contributed by atoms with Crippen LogP contribution in [-0.2, 0) is 13.6 Å². The Balaban J connectivity index is 2.10. The standard InChI is InChI=1S/C15H17N3/c1-4-5-13-6-7-15(12(2)10-13)16-11-14-8-9-17-18(14)3/h6-10,16H,11H2,1-3H3. The smallest absolute Gasteiger partial charge is 0.0571 e. The van der Waals surface area contributed by atoms with Gasteiger partial charge in [0.25, 0.3) is 0 Å². The summed E-state index contributed by atoms with van der Waals surface area (Å²) >= 11 is 0. The van der Waals surface area contributed by atoms with Crippen molar-refractivity contribution in [2.75, 3.05) is 5.32 Å². The van der Waals surface area contributed by atoms with Gasteiger partial charge >= 0.3 is 0 Å². The SMILES string of the molecule is CC#Cc1ccc(NCc2ccnn2C)c(C)c1. The number of nitrogens with one attached hydrogen (secondary N) is 1. The normalized spacial score (nSPS) is 9.72. The van der Waals surface area contributed by atoms with Crippen molar-refractivity contribution >= 4 is 5.69 Å². The molecule has 0 saturated heterocycles. The first-order valence-electron chi connectivity index (χ1n) is 5.95. The second-order valence-electron chi connectivity index (χ2n) is 4.20. The second-order valence-corrected chi connectivity index (χ2v) is 4.20. The minimum absolute atomic E-state index is 0.774. The molecule has 1 aromatic carbocycles. The summed E-state index contributed by atoms with van der Waals surface area (Å²) in [6, 6.07) is 8.22. The van der Waals surface area contributed by atoms with Crippen molar-refractivity contribution in [3.05, 3.63) is 47.3 Å². The summed E-state index contributed by atoms with van der Waals surface area (Å²) in [4.78, 5) is 0. The Morgan fingerprint density at radius 2 is 2.17 bits per heavy atom. The number of hydrogen-bond donors (Lipinski definition) is 1. The van der Waals surface area contributed by atoms with Crippen molar-refractivity contribution < 1.29 is 0 Å². The topological polar surface area (TPSA) is 29.9 Å². The zero-order valence-corrected chi connectivity index (χ0v) is 11.0. The molecule has 3 nitrogen and oxygen atoms in total. The highest BCUT2D eigenvalue weighted by molar-refractivity contribution is 5.54. The van der Waals surface area contributed by atoms with Gasteiger partial charge in [-0.05, 0) is 43.7 Å². The van der Waals surface area contributed by atoms with E-state index in [4.69, 9.17) is 0 Å². The van der Waals surface area contributed by atoms with E-state index in [1.807, 2.05) is 37.0 Å².